The van der Waals surface area contributed by atoms with E-state index < -0.39 is 0 Å². The molecule has 2 aromatic carbocycles. The maximum absolute atomic E-state index is 13.5. The first-order chi connectivity index (χ1) is 9.58. The van der Waals surface area contributed by atoms with Crippen LogP contribution in [0.1, 0.15) is 18.1 Å². The molecule has 0 atom stereocenters. The van der Waals surface area contributed by atoms with Gasteiger partial charge in [-0.2, -0.15) is 0 Å². The number of hydrogen-bond acceptors (Lipinski definition) is 2. The molecular formula is C16H17F2NO. The number of nitrogens with one attached hydrogen (secondary N) is 1. The molecule has 4 heteroatoms. The van der Waals surface area contributed by atoms with E-state index >= 15 is 0 Å². The fourth-order valence-electron chi connectivity index (χ4n) is 1.82. The van der Waals surface area contributed by atoms with Gasteiger partial charge in [0, 0.05) is 18.7 Å². The van der Waals surface area contributed by atoms with Crippen LogP contribution in [0, 0.1) is 18.6 Å². The molecule has 0 aliphatic heterocycles. The van der Waals surface area contributed by atoms with Crippen molar-refractivity contribution in [2.75, 3.05) is 6.54 Å². The Hall–Kier alpha value is -1.94. The molecule has 0 amide bonds. The van der Waals surface area contributed by atoms with Gasteiger partial charge in [0.25, 0.3) is 0 Å². The van der Waals surface area contributed by atoms with E-state index in [-0.39, 0.29) is 11.6 Å². The number of ether oxygens (including phenoxy) is 1. The molecule has 2 aromatic rings. The number of benzene rings is 2. The molecule has 106 valence electrons. The van der Waals surface area contributed by atoms with E-state index in [1.54, 1.807) is 25.1 Å². The summed E-state index contributed by atoms with van der Waals surface area (Å²) in [5.74, 6) is 0.00372. The average molecular weight is 277 g/mol. The number of halogens is 2. The first kappa shape index (κ1) is 14.5. The third-order valence-corrected chi connectivity index (χ3v) is 2.89. The Morgan fingerprint density at radius 1 is 1.05 bits per heavy atom. The smallest absolute Gasteiger partial charge is 0.130 e. The first-order valence-electron chi connectivity index (χ1n) is 6.52. The topological polar surface area (TPSA) is 21.3 Å². The molecule has 0 saturated heterocycles. The molecule has 20 heavy (non-hydrogen) atoms. The lowest BCUT2D eigenvalue weighted by molar-refractivity contribution is 0.469. The van der Waals surface area contributed by atoms with Crippen molar-refractivity contribution in [2.24, 2.45) is 0 Å². The minimum absolute atomic E-state index is 0.341. The van der Waals surface area contributed by atoms with Gasteiger partial charge in [-0.15, -0.1) is 0 Å². The van der Waals surface area contributed by atoms with Gasteiger partial charge < -0.3 is 10.1 Å². The summed E-state index contributed by atoms with van der Waals surface area (Å²) in [6.45, 7) is 5.02. The molecule has 0 fully saturated rings. The summed E-state index contributed by atoms with van der Waals surface area (Å²) >= 11 is 0. The fraction of sp³-hybridized carbons (Fsp3) is 0.250. The second kappa shape index (κ2) is 6.48. The maximum Gasteiger partial charge on any atom is 0.130 e. The lowest BCUT2D eigenvalue weighted by Gasteiger charge is -2.09. The van der Waals surface area contributed by atoms with E-state index in [1.807, 2.05) is 6.92 Å². The predicted molar refractivity (Wildman–Crippen MR) is 75.0 cm³/mol. The van der Waals surface area contributed by atoms with Crippen LogP contribution in [0.15, 0.2) is 36.4 Å². The molecule has 0 aliphatic rings. The minimum Gasteiger partial charge on any atom is -0.457 e. The van der Waals surface area contributed by atoms with Gasteiger partial charge in [-0.3, -0.25) is 0 Å². The van der Waals surface area contributed by atoms with Gasteiger partial charge in [0.15, 0.2) is 0 Å². The van der Waals surface area contributed by atoms with Crippen molar-refractivity contribution in [2.45, 2.75) is 20.4 Å². The number of aryl methyl sites for hydroxylation is 1. The molecule has 0 heterocycles. The van der Waals surface area contributed by atoms with Crippen LogP contribution in [0.4, 0.5) is 8.78 Å². The van der Waals surface area contributed by atoms with Crippen LogP contribution in [-0.2, 0) is 6.54 Å². The van der Waals surface area contributed by atoms with Crippen LogP contribution in [0.3, 0.4) is 0 Å². The van der Waals surface area contributed by atoms with Crippen molar-refractivity contribution in [1.82, 2.24) is 5.32 Å². The minimum atomic E-state index is -0.372. The molecule has 0 aromatic heterocycles. The highest BCUT2D eigenvalue weighted by molar-refractivity contribution is 5.36. The Bertz CT molecular complexity index is 599. The zero-order chi connectivity index (χ0) is 14.5. The molecular weight excluding hydrogens is 260 g/mol. The Morgan fingerprint density at radius 2 is 1.85 bits per heavy atom. The normalized spacial score (nSPS) is 10.6. The summed E-state index contributed by atoms with van der Waals surface area (Å²) in [6, 6.07) is 9.06. The third-order valence-electron chi connectivity index (χ3n) is 2.89. The lowest BCUT2D eigenvalue weighted by atomic mass is 10.2. The molecule has 0 spiro atoms. The predicted octanol–water partition coefficient (Wildman–Crippen LogP) is 4.18. The van der Waals surface area contributed by atoms with Crippen LogP contribution in [0.25, 0.3) is 0 Å². The van der Waals surface area contributed by atoms with Crippen molar-refractivity contribution in [3.05, 3.63) is 59.2 Å². The number of hydrogen-bond donors (Lipinski definition) is 1. The summed E-state index contributed by atoms with van der Waals surface area (Å²) in [7, 11) is 0. The van der Waals surface area contributed by atoms with Gasteiger partial charge in [0.2, 0.25) is 0 Å². The second-order valence-electron chi connectivity index (χ2n) is 4.59. The van der Waals surface area contributed by atoms with E-state index in [0.29, 0.717) is 23.6 Å². The molecule has 2 nitrogen and oxygen atoms in total. The summed E-state index contributed by atoms with van der Waals surface area (Å²) in [5.41, 5.74) is 1.33. The van der Waals surface area contributed by atoms with E-state index in [9.17, 15) is 8.78 Å². The highest BCUT2D eigenvalue weighted by atomic mass is 19.1. The third kappa shape index (κ3) is 3.78. The Labute approximate surface area is 117 Å². The largest absolute Gasteiger partial charge is 0.457 e. The van der Waals surface area contributed by atoms with Crippen molar-refractivity contribution >= 4 is 0 Å². The highest BCUT2D eigenvalue weighted by Gasteiger charge is 2.05. The lowest BCUT2D eigenvalue weighted by Crippen LogP contribution is -2.11. The average Bonchev–Trinajstić information content (AvgIpc) is 2.40. The van der Waals surface area contributed by atoms with E-state index in [0.717, 1.165) is 12.1 Å². The van der Waals surface area contributed by atoms with Crippen LogP contribution in [0.5, 0.6) is 11.5 Å². The molecule has 0 radical (unpaired) electrons. The van der Waals surface area contributed by atoms with E-state index in [1.165, 1.54) is 18.2 Å². The fourth-order valence-corrected chi connectivity index (χ4v) is 1.82. The zero-order valence-electron chi connectivity index (χ0n) is 11.5. The first-order valence-corrected chi connectivity index (χ1v) is 6.52. The van der Waals surface area contributed by atoms with Gasteiger partial charge in [-0.25, -0.2) is 8.78 Å². The molecule has 0 unspecified atom stereocenters. The van der Waals surface area contributed by atoms with Crippen LogP contribution >= 0.6 is 0 Å². The van der Waals surface area contributed by atoms with Crippen LogP contribution in [0.2, 0.25) is 0 Å². The van der Waals surface area contributed by atoms with Crippen molar-refractivity contribution in [3.8, 4) is 11.5 Å². The van der Waals surface area contributed by atoms with Gasteiger partial charge in [0.05, 0.1) is 0 Å². The van der Waals surface area contributed by atoms with Gasteiger partial charge >= 0.3 is 0 Å². The van der Waals surface area contributed by atoms with Crippen LogP contribution in [-0.4, -0.2) is 6.54 Å². The number of rotatable bonds is 5. The van der Waals surface area contributed by atoms with Gasteiger partial charge in [-0.05, 0) is 42.8 Å². The molecule has 0 bridgehead atoms. The van der Waals surface area contributed by atoms with Crippen LogP contribution < -0.4 is 10.1 Å². The van der Waals surface area contributed by atoms with Crippen molar-refractivity contribution < 1.29 is 13.5 Å². The second-order valence-corrected chi connectivity index (χ2v) is 4.59. The molecule has 0 saturated carbocycles. The summed E-state index contributed by atoms with van der Waals surface area (Å²) in [6.07, 6.45) is 0. The SMILES string of the molecule is CCNCc1cc(F)cc(Oc2ccc(C)c(F)c2)c1. The highest BCUT2D eigenvalue weighted by Crippen LogP contribution is 2.25. The monoisotopic (exact) mass is 277 g/mol. The van der Waals surface area contributed by atoms with Gasteiger partial charge in [-0.1, -0.05) is 13.0 Å². The summed E-state index contributed by atoms with van der Waals surface area (Å²) < 4.78 is 32.5. The Morgan fingerprint density at radius 3 is 2.55 bits per heavy atom. The van der Waals surface area contributed by atoms with Gasteiger partial charge in [0.1, 0.15) is 23.1 Å². The van der Waals surface area contributed by atoms with Crippen molar-refractivity contribution in [3.63, 3.8) is 0 Å². The Balaban J connectivity index is 2.19. The maximum atomic E-state index is 13.5. The Kier molecular flexibility index (Phi) is 4.69. The standard InChI is InChI=1S/C16H17F2NO/c1-3-19-10-12-6-13(17)8-15(7-12)20-14-5-4-11(2)16(18)9-14/h4-9,19H,3,10H2,1-2H3. The quantitative estimate of drug-likeness (QED) is 0.885. The van der Waals surface area contributed by atoms with E-state index in [2.05, 4.69) is 5.32 Å². The molecule has 1 N–H and O–H groups in total. The summed E-state index contributed by atoms with van der Waals surface area (Å²) in [4.78, 5) is 0. The molecule has 0 aliphatic carbocycles. The van der Waals surface area contributed by atoms with E-state index in [4.69, 9.17) is 4.74 Å². The molecule has 2 rings (SSSR count). The summed E-state index contributed by atoms with van der Waals surface area (Å²) in [5, 5.41) is 3.12. The van der Waals surface area contributed by atoms with Crippen molar-refractivity contribution in [1.29, 1.82) is 0 Å². The zero-order valence-corrected chi connectivity index (χ0v) is 11.5.